The van der Waals surface area contributed by atoms with Crippen molar-refractivity contribution in [1.29, 1.82) is 0 Å². The summed E-state index contributed by atoms with van der Waals surface area (Å²) in [6.07, 6.45) is 6.12. The normalized spacial score (nSPS) is 14.8. The van der Waals surface area contributed by atoms with Gasteiger partial charge in [-0.05, 0) is 18.8 Å². The first-order valence-electron chi connectivity index (χ1n) is 6.91. The van der Waals surface area contributed by atoms with Crippen LogP contribution in [0.25, 0.3) is 0 Å². The van der Waals surface area contributed by atoms with E-state index in [1.807, 2.05) is 6.92 Å². The first-order valence-corrected chi connectivity index (χ1v) is 6.91. The molecule has 0 spiro atoms. The van der Waals surface area contributed by atoms with E-state index in [1.54, 1.807) is 0 Å². The number of hydrazine groups is 1. The van der Waals surface area contributed by atoms with Crippen molar-refractivity contribution in [3.8, 4) is 6.01 Å². The van der Waals surface area contributed by atoms with Gasteiger partial charge >= 0.3 is 6.01 Å². The Balaban J connectivity index is 1.89. The first kappa shape index (κ1) is 13.8. The van der Waals surface area contributed by atoms with Crippen LogP contribution in [0, 0.1) is 5.92 Å². The Morgan fingerprint density at radius 2 is 2.05 bits per heavy atom. The van der Waals surface area contributed by atoms with Crippen LogP contribution in [-0.2, 0) is 0 Å². The summed E-state index contributed by atoms with van der Waals surface area (Å²) in [6.45, 7) is 3.47. The predicted octanol–water partition coefficient (Wildman–Crippen LogP) is 1.55. The molecule has 0 amide bonds. The number of aromatic nitrogens is 3. The van der Waals surface area contributed by atoms with Gasteiger partial charge < -0.3 is 10.1 Å². The van der Waals surface area contributed by atoms with Crippen molar-refractivity contribution < 1.29 is 4.74 Å². The summed E-state index contributed by atoms with van der Waals surface area (Å²) < 4.78 is 5.40. The monoisotopic (exact) mass is 266 g/mol. The molecule has 1 aliphatic carbocycles. The molecular weight excluding hydrogens is 244 g/mol. The van der Waals surface area contributed by atoms with E-state index in [-0.39, 0.29) is 0 Å². The van der Waals surface area contributed by atoms with E-state index >= 15 is 0 Å². The maximum Gasteiger partial charge on any atom is 0.323 e. The van der Waals surface area contributed by atoms with Crippen LogP contribution >= 0.6 is 0 Å². The molecule has 2 rings (SSSR count). The molecule has 1 heterocycles. The molecule has 1 aliphatic rings. The summed E-state index contributed by atoms with van der Waals surface area (Å²) >= 11 is 0. The van der Waals surface area contributed by atoms with Gasteiger partial charge in [-0.2, -0.15) is 15.0 Å². The lowest BCUT2D eigenvalue weighted by Crippen LogP contribution is -2.18. The lowest BCUT2D eigenvalue weighted by Gasteiger charge is -2.25. The Morgan fingerprint density at radius 3 is 2.68 bits per heavy atom. The number of hydrogen-bond donors (Lipinski definition) is 3. The molecule has 0 unspecified atom stereocenters. The Morgan fingerprint density at radius 1 is 1.26 bits per heavy atom. The van der Waals surface area contributed by atoms with Gasteiger partial charge in [0.15, 0.2) is 0 Å². The van der Waals surface area contributed by atoms with Gasteiger partial charge in [-0.3, -0.25) is 5.43 Å². The van der Waals surface area contributed by atoms with Gasteiger partial charge in [-0.1, -0.05) is 26.2 Å². The summed E-state index contributed by atoms with van der Waals surface area (Å²) in [7, 11) is 0. The molecule has 1 fully saturated rings. The third-order valence-corrected chi connectivity index (χ3v) is 3.24. The molecule has 0 saturated heterocycles. The third kappa shape index (κ3) is 4.20. The average Bonchev–Trinajstić information content (AvgIpc) is 2.39. The van der Waals surface area contributed by atoms with E-state index in [2.05, 4.69) is 25.7 Å². The molecule has 0 aliphatic heterocycles. The third-order valence-electron chi connectivity index (χ3n) is 3.24. The van der Waals surface area contributed by atoms with Gasteiger partial charge in [-0.25, -0.2) is 5.84 Å². The predicted molar refractivity (Wildman–Crippen MR) is 73.9 cm³/mol. The fourth-order valence-corrected chi connectivity index (χ4v) is 1.93. The zero-order valence-corrected chi connectivity index (χ0v) is 11.4. The number of nitrogens with two attached hydrogens (primary N) is 1. The zero-order chi connectivity index (χ0) is 13.5. The number of nitrogens with one attached hydrogen (secondary N) is 2. The van der Waals surface area contributed by atoms with Gasteiger partial charge in [0, 0.05) is 6.54 Å². The van der Waals surface area contributed by atoms with E-state index in [1.165, 1.54) is 19.3 Å². The number of nitrogens with zero attached hydrogens (tertiary/aromatic N) is 3. The molecular formula is C12H22N6O. The molecule has 1 aromatic rings. The topological polar surface area (TPSA) is 98.0 Å². The van der Waals surface area contributed by atoms with Crippen molar-refractivity contribution in [2.75, 3.05) is 23.9 Å². The molecule has 1 aromatic heterocycles. The average molecular weight is 266 g/mol. The molecule has 0 bridgehead atoms. The van der Waals surface area contributed by atoms with E-state index in [0.29, 0.717) is 24.5 Å². The van der Waals surface area contributed by atoms with Crippen molar-refractivity contribution in [2.24, 2.45) is 11.8 Å². The maximum absolute atomic E-state index is 5.40. The molecule has 1 saturated carbocycles. The second-order valence-corrected chi connectivity index (χ2v) is 4.77. The molecule has 4 N–H and O–H groups in total. The number of ether oxygens (including phenoxy) is 1. The van der Waals surface area contributed by atoms with Gasteiger partial charge in [0.2, 0.25) is 11.9 Å². The summed E-state index contributed by atoms with van der Waals surface area (Å²) in [5.41, 5.74) is 2.42. The maximum atomic E-state index is 5.40. The SMILES string of the molecule is CCCOc1nc(NN)nc(NCCC2CCC2)n1. The largest absolute Gasteiger partial charge is 0.463 e. The molecule has 0 radical (unpaired) electrons. The van der Waals surface area contributed by atoms with Crippen LogP contribution < -0.4 is 21.3 Å². The fraction of sp³-hybridized carbons (Fsp3) is 0.750. The van der Waals surface area contributed by atoms with Crippen LogP contribution in [0.5, 0.6) is 6.01 Å². The number of anilines is 2. The van der Waals surface area contributed by atoms with Crippen LogP contribution in [0.3, 0.4) is 0 Å². The Kier molecular flexibility index (Phi) is 5.14. The Labute approximate surface area is 113 Å². The van der Waals surface area contributed by atoms with E-state index in [9.17, 15) is 0 Å². The lowest BCUT2D eigenvalue weighted by atomic mass is 9.83. The van der Waals surface area contributed by atoms with Crippen molar-refractivity contribution in [1.82, 2.24) is 15.0 Å². The molecule has 106 valence electrons. The highest BCUT2D eigenvalue weighted by Crippen LogP contribution is 2.29. The Bertz CT molecular complexity index is 396. The van der Waals surface area contributed by atoms with Crippen molar-refractivity contribution in [3.05, 3.63) is 0 Å². The number of nitrogen functional groups attached to an aromatic ring is 1. The van der Waals surface area contributed by atoms with Crippen LogP contribution in [0.2, 0.25) is 0 Å². The quantitative estimate of drug-likeness (QED) is 0.485. The smallest absolute Gasteiger partial charge is 0.323 e. The van der Waals surface area contributed by atoms with E-state index < -0.39 is 0 Å². The number of hydrogen-bond acceptors (Lipinski definition) is 7. The minimum Gasteiger partial charge on any atom is -0.463 e. The molecule has 0 aromatic carbocycles. The zero-order valence-electron chi connectivity index (χ0n) is 11.4. The van der Waals surface area contributed by atoms with Crippen molar-refractivity contribution >= 4 is 11.9 Å². The van der Waals surface area contributed by atoms with Gasteiger partial charge in [0.25, 0.3) is 0 Å². The van der Waals surface area contributed by atoms with Crippen LogP contribution in [0.4, 0.5) is 11.9 Å². The minimum absolute atomic E-state index is 0.302. The van der Waals surface area contributed by atoms with Crippen LogP contribution in [-0.4, -0.2) is 28.1 Å². The summed E-state index contributed by atoms with van der Waals surface area (Å²) in [5.74, 6) is 7.02. The molecule has 19 heavy (non-hydrogen) atoms. The number of rotatable bonds is 8. The van der Waals surface area contributed by atoms with Crippen LogP contribution in [0.1, 0.15) is 39.0 Å². The highest BCUT2D eigenvalue weighted by Gasteiger charge is 2.16. The van der Waals surface area contributed by atoms with Crippen molar-refractivity contribution in [2.45, 2.75) is 39.0 Å². The summed E-state index contributed by atoms with van der Waals surface area (Å²) in [5, 5.41) is 3.20. The van der Waals surface area contributed by atoms with Gasteiger partial charge in [0.1, 0.15) is 0 Å². The molecule has 7 heteroatoms. The summed E-state index contributed by atoms with van der Waals surface area (Å²) in [4.78, 5) is 12.4. The van der Waals surface area contributed by atoms with Crippen LogP contribution in [0.15, 0.2) is 0 Å². The van der Waals surface area contributed by atoms with Gasteiger partial charge in [0.05, 0.1) is 6.61 Å². The molecule has 0 atom stereocenters. The lowest BCUT2D eigenvalue weighted by molar-refractivity contribution is 0.291. The Hall–Kier alpha value is -1.63. The minimum atomic E-state index is 0.302. The molecule has 7 nitrogen and oxygen atoms in total. The highest BCUT2D eigenvalue weighted by molar-refractivity contribution is 5.34. The van der Waals surface area contributed by atoms with E-state index in [4.69, 9.17) is 10.6 Å². The second kappa shape index (κ2) is 7.08. The second-order valence-electron chi connectivity index (χ2n) is 4.77. The first-order chi connectivity index (χ1) is 9.31. The standard InChI is InChI=1S/C12H22N6O/c1-2-8-19-12-16-10(15-11(17-12)18-13)14-7-6-9-4-3-5-9/h9H,2-8,13H2,1H3,(H2,14,15,16,17,18). The summed E-state index contributed by atoms with van der Waals surface area (Å²) in [6, 6.07) is 0.302. The van der Waals surface area contributed by atoms with Crippen molar-refractivity contribution in [3.63, 3.8) is 0 Å². The highest BCUT2D eigenvalue weighted by atomic mass is 16.5. The van der Waals surface area contributed by atoms with Gasteiger partial charge in [-0.15, -0.1) is 0 Å². The van der Waals surface area contributed by atoms with E-state index in [0.717, 1.165) is 25.3 Å². The fourth-order valence-electron chi connectivity index (χ4n) is 1.93.